The first-order valence-electron chi connectivity index (χ1n) is 17.0. The summed E-state index contributed by atoms with van der Waals surface area (Å²) in [5.74, 6) is -0.870. The number of carbonyl (C=O) groups is 1. The van der Waals surface area contributed by atoms with Gasteiger partial charge in [0, 0.05) is 11.3 Å². The summed E-state index contributed by atoms with van der Waals surface area (Å²) in [6.45, 7) is 14.8. The van der Waals surface area contributed by atoms with Gasteiger partial charge in [0.15, 0.2) is 11.5 Å². The zero-order chi connectivity index (χ0) is 33.0. The number of aliphatic hydroxyl groups excluding tert-OH is 2. The number of phenols is 2. The van der Waals surface area contributed by atoms with Gasteiger partial charge in [-0.05, 0) is 118 Å². The fourth-order valence-electron chi connectivity index (χ4n) is 11.5. The van der Waals surface area contributed by atoms with Gasteiger partial charge in [0.05, 0.1) is 35.6 Å². The Balaban J connectivity index is 1.29. The molecule has 250 valence electrons. The smallest absolute Gasteiger partial charge is 0.338 e. The predicted molar refractivity (Wildman–Crippen MR) is 170 cm³/mol. The quantitative estimate of drug-likeness (QED) is 0.155. The minimum absolute atomic E-state index is 0.0153. The standard InChI is InChI=1S/C37H54O8/c1-32(2,43)29-14-17-37(7,45-29)23-12-15-35(5)22(23)9-11-28-33(3)19-26(41)30(34(4,20-38)27(33)13-16-36(28,35)6)44-31(42)21-8-10-24(39)25(40)18-21/h8-10,18,23,26-30,38-41,43H,11-17,19-20H2,1-7H3. The summed E-state index contributed by atoms with van der Waals surface area (Å²) < 4.78 is 12.7. The van der Waals surface area contributed by atoms with Crippen LogP contribution in [-0.4, -0.2) is 67.6 Å². The van der Waals surface area contributed by atoms with Gasteiger partial charge >= 0.3 is 5.97 Å². The molecule has 1 heterocycles. The Kier molecular flexibility index (Phi) is 7.60. The van der Waals surface area contributed by atoms with Gasteiger partial charge in [0.2, 0.25) is 0 Å². The third-order valence-corrected chi connectivity index (χ3v) is 14.2. The zero-order valence-corrected chi connectivity index (χ0v) is 28.1. The van der Waals surface area contributed by atoms with Crippen molar-refractivity contribution in [2.75, 3.05) is 6.61 Å². The SMILES string of the molecule is CC(C)(O)C1CCC(C)(C2CCC3(C)C2=CCC2C4(C)CC(O)C(OC(=O)c5ccc(O)c(O)c5)C(C)(CO)C4CCC23C)O1. The first kappa shape index (κ1) is 32.8. The monoisotopic (exact) mass is 626 g/mol. The van der Waals surface area contributed by atoms with E-state index in [4.69, 9.17) is 9.47 Å². The maximum atomic E-state index is 13.2. The van der Waals surface area contributed by atoms with Gasteiger partial charge in [-0.25, -0.2) is 4.79 Å². The maximum Gasteiger partial charge on any atom is 0.338 e. The van der Waals surface area contributed by atoms with E-state index < -0.39 is 34.9 Å². The van der Waals surface area contributed by atoms with Crippen LogP contribution in [0.3, 0.4) is 0 Å². The molecule has 0 amide bonds. The minimum Gasteiger partial charge on any atom is -0.504 e. The van der Waals surface area contributed by atoms with Crippen molar-refractivity contribution in [1.29, 1.82) is 0 Å². The molecule has 8 heteroatoms. The van der Waals surface area contributed by atoms with Crippen molar-refractivity contribution in [3.63, 3.8) is 0 Å². The number of phenolic OH excluding ortho intramolecular Hbond substituents is 2. The van der Waals surface area contributed by atoms with Crippen LogP contribution in [0.5, 0.6) is 11.5 Å². The number of hydrogen-bond acceptors (Lipinski definition) is 8. The van der Waals surface area contributed by atoms with E-state index in [-0.39, 0.29) is 57.7 Å². The molecule has 0 bridgehead atoms. The lowest BCUT2D eigenvalue weighted by Gasteiger charge is -2.69. The normalized spacial score (nSPS) is 46.1. The van der Waals surface area contributed by atoms with Crippen LogP contribution in [0.2, 0.25) is 0 Å². The van der Waals surface area contributed by atoms with Crippen LogP contribution in [0, 0.1) is 39.4 Å². The van der Waals surface area contributed by atoms with E-state index in [1.54, 1.807) is 0 Å². The zero-order valence-electron chi connectivity index (χ0n) is 28.1. The molecule has 1 aromatic rings. The fourth-order valence-corrected chi connectivity index (χ4v) is 11.5. The van der Waals surface area contributed by atoms with Crippen molar-refractivity contribution in [2.24, 2.45) is 39.4 Å². The second-order valence-corrected chi connectivity index (χ2v) is 17.0. The summed E-state index contributed by atoms with van der Waals surface area (Å²) in [7, 11) is 0. The third kappa shape index (κ3) is 4.63. The maximum absolute atomic E-state index is 13.2. The molecule has 4 aliphatic carbocycles. The molecule has 3 saturated carbocycles. The molecule has 45 heavy (non-hydrogen) atoms. The van der Waals surface area contributed by atoms with Gasteiger partial charge in [-0.1, -0.05) is 39.3 Å². The van der Waals surface area contributed by atoms with Crippen molar-refractivity contribution >= 4 is 5.97 Å². The van der Waals surface area contributed by atoms with E-state index in [0.717, 1.165) is 51.0 Å². The second kappa shape index (κ2) is 10.4. The summed E-state index contributed by atoms with van der Waals surface area (Å²) in [6.07, 6.45) is 7.52. The summed E-state index contributed by atoms with van der Waals surface area (Å²) >= 11 is 0. The molecule has 1 saturated heterocycles. The Bertz CT molecular complexity index is 1380. The first-order valence-corrected chi connectivity index (χ1v) is 17.0. The highest BCUT2D eigenvalue weighted by atomic mass is 16.6. The van der Waals surface area contributed by atoms with Crippen molar-refractivity contribution < 1.29 is 39.8 Å². The van der Waals surface area contributed by atoms with Crippen molar-refractivity contribution in [3.8, 4) is 11.5 Å². The van der Waals surface area contributed by atoms with Crippen LogP contribution < -0.4 is 0 Å². The number of esters is 1. The van der Waals surface area contributed by atoms with Crippen LogP contribution in [0.4, 0.5) is 0 Å². The second-order valence-electron chi connectivity index (χ2n) is 17.0. The minimum atomic E-state index is -0.973. The van der Waals surface area contributed by atoms with Crippen LogP contribution in [0.1, 0.15) is 110 Å². The Labute approximate surface area is 267 Å². The number of aliphatic hydroxyl groups is 3. The van der Waals surface area contributed by atoms with Crippen LogP contribution in [-0.2, 0) is 9.47 Å². The van der Waals surface area contributed by atoms with E-state index >= 15 is 0 Å². The van der Waals surface area contributed by atoms with Gasteiger partial charge in [-0.3, -0.25) is 0 Å². The van der Waals surface area contributed by atoms with Crippen LogP contribution >= 0.6 is 0 Å². The molecule has 4 fully saturated rings. The molecule has 1 aliphatic heterocycles. The van der Waals surface area contributed by atoms with E-state index in [1.165, 1.54) is 17.7 Å². The Morgan fingerprint density at radius 3 is 2.33 bits per heavy atom. The molecule has 1 aromatic carbocycles. The van der Waals surface area contributed by atoms with Gasteiger partial charge in [0.25, 0.3) is 0 Å². The highest BCUT2D eigenvalue weighted by molar-refractivity contribution is 5.90. The molecule has 11 atom stereocenters. The molecule has 8 nitrogen and oxygen atoms in total. The number of aromatic hydroxyl groups is 2. The van der Waals surface area contributed by atoms with Crippen LogP contribution in [0.15, 0.2) is 29.8 Å². The van der Waals surface area contributed by atoms with Crippen molar-refractivity contribution in [2.45, 2.75) is 129 Å². The summed E-state index contributed by atoms with van der Waals surface area (Å²) in [5, 5.41) is 53.0. The lowest BCUT2D eigenvalue weighted by molar-refractivity contribution is -0.238. The summed E-state index contributed by atoms with van der Waals surface area (Å²) in [4.78, 5) is 13.2. The Morgan fingerprint density at radius 2 is 1.71 bits per heavy atom. The molecular weight excluding hydrogens is 572 g/mol. The lowest BCUT2D eigenvalue weighted by Crippen LogP contribution is -2.67. The van der Waals surface area contributed by atoms with E-state index in [9.17, 15) is 30.3 Å². The lowest BCUT2D eigenvalue weighted by atomic mass is 9.36. The summed E-state index contributed by atoms with van der Waals surface area (Å²) in [6, 6.07) is 3.77. The van der Waals surface area contributed by atoms with Gasteiger partial charge in [-0.2, -0.15) is 0 Å². The topological polar surface area (TPSA) is 137 Å². The molecular formula is C37H54O8. The molecule has 0 radical (unpaired) electrons. The van der Waals surface area contributed by atoms with E-state index in [2.05, 4.69) is 33.8 Å². The molecule has 5 N–H and O–H groups in total. The number of fused-ring (bicyclic) bond motifs is 5. The van der Waals surface area contributed by atoms with Gasteiger partial charge in [0.1, 0.15) is 6.10 Å². The average molecular weight is 627 g/mol. The molecule has 11 unspecified atom stereocenters. The number of hydrogen-bond donors (Lipinski definition) is 5. The fraction of sp³-hybridized carbons (Fsp3) is 0.757. The largest absolute Gasteiger partial charge is 0.504 e. The third-order valence-electron chi connectivity index (χ3n) is 14.2. The molecule has 5 aliphatic rings. The van der Waals surface area contributed by atoms with Crippen molar-refractivity contribution in [3.05, 3.63) is 35.4 Å². The van der Waals surface area contributed by atoms with Gasteiger partial charge in [-0.15, -0.1) is 0 Å². The average Bonchev–Trinajstić information content (AvgIpc) is 3.54. The number of ether oxygens (including phenoxy) is 2. The number of allylic oxidation sites excluding steroid dienone is 1. The molecule has 0 aromatic heterocycles. The molecule has 0 spiro atoms. The Morgan fingerprint density at radius 1 is 1.00 bits per heavy atom. The number of carbonyl (C=O) groups excluding carboxylic acids is 1. The predicted octanol–water partition coefficient (Wildman–Crippen LogP) is 5.88. The van der Waals surface area contributed by atoms with Crippen LogP contribution in [0.25, 0.3) is 0 Å². The van der Waals surface area contributed by atoms with E-state index in [1.807, 2.05) is 20.8 Å². The van der Waals surface area contributed by atoms with Crippen molar-refractivity contribution in [1.82, 2.24) is 0 Å². The highest BCUT2D eigenvalue weighted by Gasteiger charge is 2.70. The summed E-state index contributed by atoms with van der Waals surface area (Å²) in [5.41, 5.74) is -0.819. The highest BCUT2D eigenvalue weighted by Crippen LogP contribution is 2.75. The van der Waals surface area contributed by atoms with E-state index in [0.29, 0.717) is 12.3 Å². The van der Waals surface area contributed by atoms with Gasteiger partial charge < -0.3 is 35.0 Å². The molecule has 6 rings (SSSR count). The number of rotatable bonds is 5. The first-order chi connectivity index (χ1) is 20.8. The Hall–Kier alpha value is -2.13. The number of benzene rings is 1.